The van der Waals surface area contributed by atoms with E-state index in [4.69, 9.17) is 4.74 Å². The van der Waals surface area contributed by atoms with Crippen molar-refractivity contribution in [2.24, 2.45) is 0 Å². The number of aliphatic hydroxyl groups is 1. The number of alkyl halides is 3. The Morgan fingerprint density at radius 2 is 1.89 bits per heavy atom. The van der Waals surface area contributed by atoms with E-state index in [1.807, 2.05) is 13.8 Å². The Hall–Kier alpha value is -2.10. The van der Waals surface area contributed by atoms with E-state index < -0.39 is 41.9 Å². The van der Waals surface area contributed by atoms with Gasteiger partial charge in [0, 0.05) is 25.8 Å². The van der Waals surface area contributed by atoms with Crippen molar-refractivity contribution >= 4 is 11.9 Å². The van der Waals surface area contributed by atoms with Crippen LogP contribution >= 0.6 is 0 Å². The summed E-state index contributed by atoms with van der Waals surface area (Å²) in [4.78, 5) is 18.4. The highest BCUT2D eigenvalue weighted by Crippen LogP contribution is 2.31. The van der Waals surface area contributed by atoms with Crippen molar-refractivity contribution in [1.29, 1.82) is 0 Å². The highest BCUT2D eigenvalue weighted by atomic mass is 19.4. The summed E-state index contributed by atoms with van der Waals surface area (Å²) in [5.41, 5.74) is -1.88. The predicted molar refractivity (Wildman–Crippen MR) is 96.6 cm³/mol. The van der Waals surface area contributed by atoms with Gasteiger partial charge in [-0.25, -0.2) is 14.2 Å². The molecule has 1 fully saturated rings. The highest BCUT2D eigenvalue weighted by Gasteiger charge is 2.36. The zero-order chi connectivity index (χ0) is 21.7. The van der Waals surface area contributed by atoms with E-state index in [0.717, 1.165) is 0 Å². The zero-order valence-corrected chi connectivity index (χ0v) is 16.7. The minimum absolute atomic E-state index is 0.0353. The van der Waals surface area contributed by atoms with Gasteiger partial charge in [-0.3, -0.25) is 0 Å². The maximum atomic E-state index is 14.2. The number of carbonyl (C=O) groups excluding carboxylic acids is 1. The molecule has 6 nitrogen and oxygen atoms in total. The summed E-state index contributed by atoms with van der Waals surface area (Å²) in [5.74, 6) is -1.43. The standard InChI is InChI=1S/C16H21F4N3O3.C2H6/c1-15(2,3)26-14(25)22-4-5-23(11(8-22)9-24)13-12(17)6-10(7-21-13)16(18,19)20;1-2/h6-7,11,24H,4-5,8-9H2,1-3H3;1-2H3. The van der Waals surface area contributed by atoms with Gasteiger partial charge in [-0.2, -0.15) is 13.2 Å². The fourth-order valence-electron chi connectivity index (χ4n) is 2.58. The lowest BCUT2D eigenvalue weighted by molar-refractivity contribution is -0.138. The molecule has 10 heteroatoms. The van der Waals surface area contributed by atoms with Gasteiger partial charge in [0.2, 0.25) is 0 Å². The Morgan fingerprint density at radius 3 is 2.36 bits per heavy atom. The maximum absolute atomic E-state index is 14.2. The molecule has 1 aliphatic heterocycles. The number of ether oxygens (including phenoxy) is 1. The summed E-state index contributed by atoms with van der Waals surface area (Å²) in [6.45, 7) is 9.01. The first-order valence-electron chi connectivity index (χ1n) is 9.00. The van der Waals surface area contributed by atoms with Crippen LogP contribution in [0.15, 0.2) is 12.3 Å². The van der Waals surface area contributed by atoms with Crippen LogP contribution in [0.3, 0.4) is 0 Å². The lowest BCUT2D eigenvalue weighted by Crippen LogP contribution is -2.57. The fraction of sp³-hybridized carbons (Fsp3) is 0.667. The van der Waals surface area contributed by atoms with Gasteiger partial charge in [-0.15, -0.1) is 0 Å². The van der Waals surface area contributed by atoms with Crippen LogP contribution in [0, 0.1) is 5.82 Å². The smallest absolute Gasteiger partial charge is 0.417 e. The molecule has 0 bridgehead atoms. The van der Waals surface area contributed by atoms with Crippen molar-refractivity contribution in [3.05, 3.63) is 23.6 Å². The van der Waals surface area contributed by atoms with Gasteiger partial charge >= 0.3 is 12.3 Å². The molecule has 2 rings (SSSR count). The lowest BCUT2D eigenvalue weighted by atomic mass is 10.1. The molecule has 0 radical (unpaired) electrons. The first kappa shape index (κ1) is 23.9. The third kappa shape index (κ3) is 6.22. The van der Waals surface area contributed by atoms with Crippen LogP contribution in [0.5, 0.6) is 0 Å². The number of aliphatic hydroxyl groups excluding tert-OH is 1. The molecule has 2 heterocycles. The van der Waals surface area contributed by atoms with Gasteiger partial charge in [-0.1, -0.05) is 13.8 Å². The van der Waals surface area contributed by atoms with Crippen LogP contribution in [0.2, 0.25) is 0 Å². The van der Waals surface area contributed by atoms with E-state index in [2.05, 4.69) is 4.98 Å². The van der Waals surface area contributed by atoms with Gasteiger partial charge in [0.25, 0.3) is 0 Å². The molecular formula is C18H27F4N3O3. The molecule has 1 unspecified atom stereocenters. The van der Waals surface area contributed by atoms with E-state index >= 15 is 0 Å². The molecule has 1 N–H and O–H groups in total. The second-order valence-corrected chi connectivity index (χ2v) is 6.98. The van der Waals surface area contributed by atoms with Crippen LogP contribution in [-0.4, -0.2) is 59.0 Å². The number of hydrogen-bond acceptors (Lipinski definition) is 5. The van der Waals surface area contributed by atoms with Crippen molar-refractivity contribution in [2.45, 2.75) is 52.4 Å². The summed E-state index contributed by atoms with van der Waals surface area (Å²) >= 11 is 0. The van der Waals surface area contributed by atoms with Gasteiger partial charge in [0.05, 0.1) is 18.2 Å². The lowest BCUT2D eigenvalue weighted by Gasteiger charge is -2.41. The quantitative estimate of drug-likeness (QED) is 0.755. The number of amides is 1. The molecule has 0 aromatic carbocycles. The minimum atomic E-state index is -4.70. The van der Waals surface area contributed by atoms with E-state index in [9.17, 15) is 27.5 Å². The van der Waals surface area contributed by atoms with Crippen LogP contribution in [0.4, 0.5) is 28.2 Å². The maximum Gasteiger partial charge on any atom is 0.417 e. The normalized spacial score (nSPS) is 17.7. The Bertz CT molecular complexity index is 662. The largest absolute Gasteiger partial charge is 0.444 e. The fourth-order valence-corrected chi connectivity index (χ4v) is 2.58. The molecule has 1 amide bonds. The minimum Gasteiger partial charge on any atom is -0.444 e. The molecule has 0 spiro atoms. The van der Waals surface area contributed by atoms with Crippen LogP contribution in [0.25, 0.3) is 0 Å². The number of aromatic nitrogens is 1. The van der Waals surface area contributed by atoms with Gasteiger partial charge in [-0.05, 0) is 26.8 Å². The number of rotatable bonds is 2. The van der Waals surface area contributed by atoms with E-state index in [1.165, 1.54) is 9.80 Å². The number of nitrogens with zero attached hydrogens (tertiary/aromatic N) is 3. The Kier molecular flexibility index (Phi) is 8.04. The molecule has 28 heavy (non-hydrogen) atoms. The number of hydrogen-bond donors (Lipinski definition) is 1. The molecule has 1 aromatic heterocycles. The first-order chi connectivity index (χ1) is 12.9. The molecule has 1 aromatic rings. The van der Waals surface area contributed by atoms with Crippen molar-refractivity contribution in [2.75, 3.05) is 31.1 Å². The molecule has 1 saturated heterocycles. The number of carbonyl (C=O) groups is 1. The summed E-state index contributed by atoms with van der Waals surface area (Å²) < 4.78 is 57.3. The number of halogens is 4. The number of piperazine rings is 1. The molecule has 1 aliphatic rings. The van der Waals surface area contributed by atoms with Crippen molar-refractivity contribution < 1.29 is 32.2 Å². The van der Waals surface area contributed by atoms with E-state index in [0.29, 0.717) is 12.3 Å². The summed E-state index contributed by atoms with van der Waals surface area (Å²) in [7, 11) is 0. The van der Waals surface area contributed by atoms with E-state index in [-0.39, 0.29) is 25.5 Å². The zero-order valence-electron chi connectivity index (χ0n) is 16.7. The van der Waals surface area contributed by atoms with Crippen LogP contribution in [-0.2, 0) is 10.9 Å². The average Bonchev–Trinajstić information content (AvgIpc) is 2.60. The van der Waals surface area contributed by atoms with Crippen molar-refractivity contribution in [3.8, 4) is 0 Å². The van der Waals surface area contributed by atoms with Crippen molar-refractivity contribution in [1.82, 2.24) is 9.88 Å². The van der Waals surface area contributed by atoms with Crippen LogP contribution < -0.4 is 4.90 Å². The molecule has 0 saturated carbocycles. The van der Waals surface area contributed by atoms with Gasteiger partial charge in [0.1, 0.15) is 5.60 Å². The SMILES string of the molecule is CC.CC(C)(C)OC(=O)N1CCN(c2ncc(C(F)(F)F)cc2F)C(CO)C1. The number of anilines is 1. The van der Waals surface area contributed by atoms with Gasteiger partial charge < -0.3 is 19.6 Å². The summed E-state index contributed by atoms with van der Waals surface area (Å²) in [6, 6.07) is -0.341. The van der Waals surface area contributed by atoms with E-state index in [1.54, 1.807) is 20.8 Å². The number of pyridine rings is 1. The third-order valence-corrected chi connectivity index (χ3v) is 3.77. The first-order valence-corrected chi connectivity index (χ1v) is 9.00. The van der Waals surface area contributed by atoms with Gasteiger partial charge in [0.15, 0.2) is 11.6 Å². The molecular weight excluding hydrogens is 382 g/mol. The average molecular weight is 409 g/mol. The Balaban J connectivity index is 0.00000190. The summed E-state index contributed by atoms with van der Waals surface area (Å²) in [5, 5.41) is 9.58. The Labute approximate surface area is 162 Å². The molecule has 1 atom stereocenters. The topological polar surface area (TPSA) is 65.9 Å². The highest BCUT2D eigenvalue weighted by molar-refractivity contribution is 5.68. The predicted octanol–water partition coefficient (Wildman–Crippen LogP) is 3.68. The summed E-state index contributed by atoms with van der Waals surface area (Å²) in [6.07, 6.45) is -4.72. The molecule has 160 valence electrons. The van der Waals surface area contributed by atoms with Crippen molar-refractivity contribution in [3.63, 3.8) is 0 Å². The third-order valence-electron chi connectivity index (χ3n) is 3.77. The second kappa shape index (κ2) is 9.40. The molecule has 0 aliphatic carbocycles. The van der Waals surface area contributed by atoms with Crippen LogP contribution in [0.1, 0.15) is 40.2 Å². The second-order valence-electron chi connectivity index (χ2n) is 6.98. The monoisotopic (exact) mass is 409 g/mol. The Morgan fingerprint density at radius 1 is 1.29 bits per heavy atom.